The van der Waals surface area contributed by atoms with Gasteiger partial charge in [0.05, 0.1) is 35.6 Å². The lowest BCUT2D eigenvalue weighted by Crippen LogP contribution is -2.28. The highest BCUT2D eigenvalue weighted by atomic mass is 16.5. The maximum atomic E-state index is 14.1. The monoisotopic (exact) mass is 517 g/mol. The fourth-order valence-electron chi connectivity index (χ4n) is 4.30. The Hall–Kier alpha value is -3.95. The number of hydrogen-bond donors (Lipinski definition) is 2. The standard InChI is InChI=1S/C29H35N5O4/c1-33(2)14-12-31-22-10-11-23(32-13-15-34(3)4)27-26(22)28(35)21-16-30-17-24(25(21)29(27)36)38-18-19-6-8-20(37-5)9-7-19/h6-11,16-17,31-32H,12-15,18H2,1-5H3. The number of likely N-dealkylation sites (N-methyl/N-ethyl adjacent to an activating group) is 2. The topological polar surface area (TPSA) is 96.0 Å². The summed E-state index contributed by atoms with van der Waals surface area (Å²) in [7, 11) is 9.55. The Bertz CT molecular complexity index is 1310. The first-order chi connectivity index (χ1) is 18.3. The van der Waals surface area contributed by atoms with Crippen molar-refractivity contribution in [1.29, 1.82) is 0 Å². The summed E-state index contributed by atoms with van der Waals surface area (Å²) in [6.45, 7) is 3.02. The molecule has 3 aromatic rings. The van der Waals surface area contributed by atoms with Gasteiger partial charge in [-0.2, -0.15) is 0 Å². The molecule has 1 aromatic heterocycles. The van der Waals surface area contributed by atoms with Crippen LogP contribution in [-0.2, 0) is 6.61 Å². The van der Waals surface area contributed by atoms with Crippen LogP contribution in [-0.4, -0.2) is 87.8 Å². The number of ketones is 2. The molecule has 0 saturated heterocycles. The number of anilines is 2. The Morgan fingerprint density at radius 1 is 0.763 bits per heavy atom. The van der Waals surface area contributed by atoms with E-state index >= 15 is 0 Å². The van der Waals surface area contributed by atoms with Gasteiger partial charge in [-0.3, -0.25) is 14.6 Å². The van der Waals surface area contributed by atoms with E-state index < -0.39 is 0 Å². The fraction of sp³-hybridized carbons (Fsp3) is 0.345. The second-order valence-corrected chi connectivity index (χ2v) is 9.73. The zero-order valence-corrected chi connectivity index (χ0v) is 22.6. The molecule has 4 rings (SSSR count). The Balaban J connectivity index is 1.70. The third kappa shape index (κ3) is 5.95. The summed E-state index contributed by atoms with van der Waals surface area (Å²) in [5, 5.41) is 6.70. The molecule has 2 aromatic carbocycles. The number of methoxy groups -OCH3 is 1. The Kier molecular flexibility index (Phi) is 8.60. The fourth-order valence-corrected chi connectivity index (χ4v) is 4.30. The van der Waals surface area contributed by atoms with Crippen molar-refractivity contribution in [3.63, 3.8) is 0 Å². The highest BCUT2D eigenvalue weighted by Crippen LogP contribution is 2.39. The minimum atomic E-state index is -0.259. The van der Waals surface area contributed by atoms with Crippen molar-refractivity contribution in [2.24, 2.45) is 0 Å². The Labute approximate surface area is 223 Å². The minimum Gasteiger partial charge on any atom is -0.497 e. The summed E-state index contributed by atoms with van der Waals surface area (Å²) in [6, 6.07) is 11.2. The third-order valence-electron chi connectivity index (χ3n) is 6.34. The average molecular weight is 518 g/mol. The molecule has 0 bridgehead atoms. The van der Waals surface area contributed by atoms with Crippen molar-refractivity contribution in [3.05, 3.63) is 76.6 Å². The van der Waals surface area contributed by atoms with E-state index in [1.807, 2.05) is 64.6 Å². The molecule has 0 aliphatic heterocycles. The number of rotatable bonds is 12. The lowest BCUT2D eigenvalue weighted by atomic mass is 9.82. The largest absolute Gasteiger partial charge is 0.497 e. The number of benzene rings is 2. The van der Waals surface area contributed by atoms with Crippen LogP contribution in [0.15, 0.2) is 48.8 Å². The molecule has 0 spiro atoms. The van der Waals surface area contributed by atoms with Crippen LogP contribution in [0.2, 0.25) is 0 Å². The molecule has 9 heteroatoms. The molecule has 38 heavy (non-hydrogen) atoms. The third-order valence-corrected chi connectivity index (χ3v) is 6.34. The van der Waals surface area contributed by atoms with E-state index in [1.165, 1.54) is 12.4 Å². The van der Waals surface area contributed by atoms with Gasteiger partial charge in [0.1, 0.15) is 18.1 Å². The summed E-state index contributed by atoms with van der Waals surface area (Å²) in [5.41, 5.74) is 3.37. The Morgan fingerprint density at radius 3 is 1.89 bits per heavy atom. The van der Waals surface area contributed by atoms with Gasteiger partial charge < -0.3 is 29.9 Å². The molecule has 2 N–H and O–H groups in total. The SMILES string of the molecule is COc1ccc(COc2cncc3c2C(=O)c2c(NCCN(C)C)ccc(NCCN(C)C)c2C3=O)cc1. The van der Waals surface area contributed by atoms with Gasteiger partial charge in [0, 0.05) is 43.8 Å². The van der Waals surface area contributed by atoms with E-state index in [1.54, 1.807) is 7.11 Å². The van der Waals surface area contributed by atoms with E-state index in [4.69, 9.17) is 9.47 Å². The van der Waals surface area contributed by atoms with Gasteiger partial charge in [-0.05, 0) is 58.0 Å². The Morgan fingerprint density at radius 2 is 1.34 bits per heavy atom. The quantitative estimate of drug-likeness (QED) is 0.293. The van der Waals surface area contributed by atoms with Crippen LogP contribution in [0.3, 0.4) is 0 Å². The second kappa shape index (κ2) is 12.1. The van der Waals surface area contributed by atoms with Crippen molar-refractivity contribution in [1.82, 2.24) is 14.8 Å². The van der Waals surface area contributed by atoms with Crippen molar-refractivity contribution < 1.29 is 19.1 Å². The lowest BCUT2D eigenvalue weighted by Gasteiger charge is -2.25. The molecule has 0 saturated carbocycles. The number of hydrogen-bond acceptors (Lipinski definition) is 9. The van der Waals surface area contributed by atoms with Crippen molar-refractivity contribution >= 4 is 22.9 Å². The second-order valence-electron chi connectivity index (χ2n) is 9.73. The van der Waals surface area contributed by atoms with E-state index in [9.17, 15) is 9.59 Å². The average Bonchev–Trinajstić information content (AvgIpc) is 2.90. The predicted octanol–water partition coefficient (Wildman–Crippen LogP) is 3.39. The van der Waals surface area contributed by atoms with Gasteiger partial charge >= 0.3 is 0 Å². The number of pyridine rings is 1. The molecule has 1 aliphatic carbocycles. The maximum absolute atomic E-state index is 14.1. The molecular weight excluding hydrogens is 482 g/mol. The van der Waals surface area contributed by atoms with Crippen LogP contribution >= 0.6 is 0 Å². The first-order valence-corrected chi connectivity index (χ1v) is 12.6. The summed E-state index contributed by atoms with van der Waals surface area (Å²) in [4.78, 5) is 36.3. The molecule has 0 amide bonds. The van der Waals surface area contributed by atoms with Gasteiger partial charge in [0.2, 0.25) is 5.78 Å². The van der Waals surface area contributed by atoms with Crippen molar-refractivity contribution in [2.45, 2.75) is 6.61 Å². The summed E-state index contributed by atoms with van der Waals surface area (Å²) in [6.07, 6.45) is 2.95. The summed E-state index contributed by atoms with van der Waals surface area (Å²) >= 11 is 0. The predicted molar refractivity (Wildman–Crippen MR) is 149 cm³/mol. The highest BCUT2D eigenvalue weighted by Gasteiger charge is 2.36. The van der Waals surface area contributed by atoms with Gasteiger partial charge in [-0.25, -0.2) is 0 Å². The van der Waals surface area contributed by atoms with Crippen LogP contribution in [0, 0.1) is 0 Å². The molecule has 9 nitrogen and oxygen atoms in total. The maximum Gasteiger partial charge on any atom is 0.200 e. The zero-order chi connectivity index (χ0) is 27.2. The number of carbonyl (C=O) groups is 2. The van der Waals surface area contributed by atoms with Gasteiger partial charge in [0.15, 0.2) is 5.78 Å². The molecular formula is C29H35N5O4. The van der Waals surface area contributed by atoms with Crippen molar-refractivity contribution in [3.8, 4) is 11.5 Å². The summed E-state index contributed by atoms with van der Waals surface area (Å²) < 4.78 is 11.3. The number of ether oxygens (including phenoxy) is 2. The van der Waals surface area contributed by atoms with Crippen molar-refractivity contribution in [2.75, 3.05) is 72.1 Å². The number of fused-ring (bicyclic) bond motifs is 2. The smallest absolute Gasteiger partial charge is 0.200 e. The lowest BCUT2D eigenvalue weighted by molar-refractivity contribution is 0.0975. The van der Waals surface area contributed by atoms with Gasteiger partial charge in [0.25, 0.3) is 0 Å². The summed E-state index contributed by atoms with van der Waals surface area (Å²) in [5.74, 6) is 0.521. The van der Waals surface area contributed by atoms with Crippen LogP contribution in [0.5, 0.6) is 11.5 Å². The number of carbonyl (C=O) groups excluding carboxylic acids is 2. The highest BCUT2D eigenvalue weighted by molar-refractivity contribution is 6.32. The normalized spacial score (nSPS) is 12.4. The molecule has 200 valence electrons. The molecule has 0 unspecified atom stereocenters. The van der Waals surface area contributed by atoms with E-state index in [-0.39, 0.29) is 35.0 Å². The van der Waals surface area contributed by atoms with Gasteiger partial charge in [-0.1, -0.05) is 12.1 Å². The molecule has 0 radical (unpaired) electrons. The molecule has 0 fully saturated rings. The van der Waals surface area contributed by atoms with Crippen LogP contribution in [0.25, 0.3) is 0 Å². The van der Waals surface area contributed by atoms with Crippen LogP contribution in [0.1, 0.15) is 37.4 Å². The minimum absolute atomic E-state index is 0.219. The number of nitrogens with one attached hydrogen (secondary N) is 2. The van der Waals surface area contributed by atoms with Gasteiger partial charge in [-0.15, -0.1) is 0 Å². The van der Waals surface area contributed by atoms with E-state index in [2.05, 4.69) is 25.4 Å². The first-order valence-electron chi connectivity index (χ1n) is 12.6. The van der Waals surface area contributed by atoms with Crippen LogP contribution in [0.4, 0.5) is 11.4 Å². The molecule has 1 heterocycles. The molecule has 1 aliphatic rings. The number of nitrogens with zero attached hydrogens (tertiary/aromatic N) is 3. The molecule has 0 atom stereocenters. The van der Waals surface area contributed by atoms with Crippen LogP contribution < -0.4 is 20.1 Å². The van der Waals surface area contributed by atoms with E-state index in [0.717, 1.165) is 24.4 Å². The number of aromatic nitrogens is 1. The zero-order valence-electron chi connectivity index (χ0n) is 22.6. The van der Waals surface area contributed by atoms with E-state index in [0.29, 0.717) is 35.6 Å². The first kappa shape index (κ1) is 27.1.